The molecule has 1 spiro atoms. The first kappa shape index (κ1) is 18.3. The maximum atomic E-state index is 12.8. The lowest BCUT2D eigenvalue weighted by atomic mass is 9.87. The second-order valence-electron chi connectivity index (χ2n) is 7.65. The average Bonchev–Trinajstić information content (AvgIpc) is 3.48. The summed E-state index contributed by atoms with van der Waals surface area (Å²) in [4.78, 5) is 23.7. The van der Waals surface area contributed by atoms with E-state index in [0.29, 0.717) is 16.5 Å². The molecule has 0 radical (unpaired) electrons. The van der Waals surface area contributed by atoms with Gasteiger partial charge in [-0.2, -0.15) is 0 Å². The van der Waals surface area contributed by atoms with Crippen LogP contribution < -0.4 is 10.1 Å². The summed E-state index contributed by atoms with van der Waals surface area (Å²) in [5, 5.41) is 3.53. The average molecular weight is 410 g/mol. The van der Waals surface area contributed by atoms with E-state index in [0.717, 1.165) is 55.0 Å². The van der Waals surface area contributed by atoms with Crippen molar-refractivity contribution in [1.82, 2.24) is 14.9 Å². The van der Waals surface area contributed by atoms with E-state index >= 15 is 0 Å². The van der Waals surface area contributed by atoms with Gasteiger partial charge in [0.15, 0.2) is 5.13 Å². The van der Waals surface area contributed by atoms with Gasteiger partial charge in [-0.25, -0.2) is 14.8 Å². The summed E-state index contributed by atoms with van der Waals surface area (Å²) in [5.41, 5.74) is 2.83. The number of rotatable bonds is 3. The molecule has 1 aromatic carbocycles. The Balaban J connectivity index is 1.43. The first-order chi connectivity index (χ1) is 14.2. The third kappa shape index (κ3) is 3.32. The summed E-state index contributed by atoms with van der Waals surface area (Å²) in [6.45, 7) is 3.04. The summed E-state index contributed by atoms with van der Waals surface area (Å²) in [6.07, 6.45) is 3.82. The fourth-order valence-electron chi connectivity index (χ4n) is 4.17. The number of fused-ring (bicyclic) bond motifs is 1. The Morgan fingerprint density at radius 2 is 2.17 bits per heavy atom. The number of nitrogens with one attached hydrogen (secondary N) is 1. The van der Waals surface area contributed by atoms with Crippen molar-refractivity contribution in [2.45, 2.75) is 12.8 Å². The number of carbonyl (C=O) groups excluding carboxylic acids is 1. The SMILES string of the molecule is COc1ncc(-c2ccccc2)c2sc(NC(=O)N3CCC4(CCOC4)C3)nc12. The quantitative estimate of drug-likeness (QED) is 0.706. The van der Waals surface area contributed by atoms with E-state index in [4.69, 9.17) is 9.47 Å². The van der Waals surface area contributed by atoms with Crippen LogP contribution in [0.5, 0.6) is 5.88 Å². The highest BCUT2D eigenvalue weighted by Crippen LogP contribution is 2.40. The van der Waals surface area contributed by atoms with Gasteiger partial charge in [-0.3, -0.25) is 5.32 Å². The minimum atomic E-state index is -0.110. The van der Waals surface area contributed by atoms with Gasteiger partial charge in [0, 0.05) is 36.9 Å². The van der Waals surface area contributed by atoms with Crippen molar-refractivity contribution in [2.75, 3.05) is 38.7 Å². The zero-order chi connectivity index (χ0) is 19.8. The Bertz CT molecular complexity index is 1050. The number of hydrogen-bond donors (Lipinski definition) is 1. The van der Waals surface area contributed by atoms with Gasteiger partial charge in [-0.1, -0.05) is 41.7 Å². The monoisotopic (exact) mass is 410 g/mol. The molecule has 2 fully saturated rings. The maximum Gasteiger partial charge on any atom is 0.323 e. The van der Waals surface area contributed by atoms with Gasteiger partial charge in [-0.05, 0) is 18.4 Å². The highest BCUT2D eigenvalue weighted by atomic mass is 32.1. The fraction of sp³-hybridized carbons (Fsp3) is 0.381. The number of pyridine rings is 1. The van der Waals surface area contributed by atoms with E-state index in [-0.39, 0.29) is 11.4 Å². The lowest BCUT2D eigenvalue weighted by molar-refractivity contribution is 0.154. The molecule has 2 aliphatic heterocycles. The smallest absolute Gasteiger partial charge is 0.323 e. The number of hydrogen-bond acceptors (Lipinski definition) is 6. The molecule has 150 valence electrons. The largest absolute Gasteiger partial charge is 0.479 e. The van der Waals surface area contributed by atoms with Gasteiger partial charge in [-0.15, -0.1) is 0 Å². The van der Waals surface area contributed by atoms with Crippen LogP contribution in [0.4, 0.5) is 9.93 Å². The Morgan fingerprint density at radius 3 is 2.93 bits per heavy atom. The van der Waals surface area contributed by atoms with E-state index in [1.807, 2.05) is 35.2 Å². The molecule has 0 aliphatic carbocycles. The molecule has 0 bridgehead atoms. The van der Waals surface area contributed by atoms with Crippen LogP contribution >= 0.6 is 11.3 Å². The third-order valence-corrected chi connectivity index (χ3v) is 6.79. The fourth-order valence-corrected chi connectivity index (χ4v) is 5.15. The lowest BCUT2D eigenvalue weighted by Gasteiger charge is -2.21. The lowest BCUT2D eigenvalue weighted by Crippen LogP contribution is -2.35. The van der Waals surface area contributed by atoms with Gasteiger partial charge in [0.25, 0.3) is 0 Å². The van der Waals surface area contributed by atoms with Crippen molar-refractivity contribution < 1.29 is 14.3 Å². The van der Waals surface area contributed by atoms with Crippen molar-refractivity contribution >= 4 is 32.7 Å². The molecule has 2 saturated heterocycles. The maximum absolute atomic E-state index is 12.8. The summed E-state index contributed by atoms with van der Waals surface area (Å²) in [6, 6.07) is 9.92. The van der Waals surface area contributed by atoms with Gasteiger partial charge >= 0.3 is 6.03 Å². The van der Waals surface area contributed by atoms with Gasteiger partial charge in [0.2, 0.25) is 5.88 Å². The molecule has 2 amide bonds. The van der Waals surface area contributed by atoms with Crippen molar-refractivity contribution in [3.05, 3.63) is 36.5 Å². The van der Waals surface area contributed by atoms with Gasteiger partial charge < -0.3 is 14.4 Å². The van der Waals surface area contributed by atoms with Crippen molar-refractivity contribution in [3.8, 4) is 17.0 Å². The Labute approximate surface area is 172 Å². The number of nitrogens with zero attached hydrogens (tertiary/aromatic N) is 3. The number of thiazole rings is 1. The molecule has 3 aromatic rings. The van der Waals surface area contributed by atoms with Crippen LogP contribution in [-0.2, 0) is 4.74 Å². The third-order valence-electron chi connectivity index (χ3n) is 5.79. The standard InChI is InChI=1S/C21H22N4O3S/c1-27-18-16-17(15(11-22-18)14-5-3-2-4-6-14)29-19(23-16)24-20(26)25-9-7-21(12-25)8-10-28-13-21/h2-6,11H,7-10,12-13H2,1H3,(H,23,24,26). The molecular weight excluding hydrogens is 388 g/mol. The molecule has 2 aliphatic rings. The van der Waals surface area contributed by atoms with E-state index in [1.165, 1.54) is 11.3 Å². The minimum absolute atomic E-state index is 0.110. The molecule has 0 saturated carbocycles. The van der Waals surface area contributed by atoms with E-state index in [1.54, 1.807) is 13.3 Å². The molecule has 4 heterocycles. The second-order valence-corrected chi connectivity index (χ2v) is 8.65. The molecule has 1 N–H and O–H groups in total. The number of methoxy groups -OCH3 is 1. The predicted octanol–water partition coefficient (Wildman–Crippen LogP) is 4.01. The van der Waals surface area contributed by atoms with Crippen LogP contribution in [0.15, 0.2) is 36.5 Å². The number of aromatic nitrogens is 2. The number of ether oxygens (including phenoxy) is 2. The highest BCUT2D eigenvalue weighted by molar-refractivity contribution is 7.23. The van der Waals surface area contributed by atoms with E-state index < -0.39 is 0 Å². The summed E-state index contributed by atoms with van der Waals surface area (Å²) in [7, 11) is 1.58. The van der Waals surface area contributed by atoms with Crippen LogP contribution in [-0.4, -0.2) is 54.3 Å². The van der Waals surface area contributed by atoms with Crippen molar-refractivity contribution in [2.24, 2.45) is 5.41 Å². The van der Waals surface area contributed by atoms with Crippen LogP contribution in [0.3, 0.4) is 0 Å². The first-order valence-electron chi connectivity index (χ1n) is 9.70. The Hall–Kier alpha value is -2.71. The molecule has 2 aromatic heterocycles. The molecule has 7 nitrogen and oxygen atoms in total. The zero-order valence-electron chi connectivity index (χ0n) is 16.2. The Kier molecular flexibility index (Phi) is 4.60. The van der Waals surface area contributed by atoms with Crippen LogP contribution in [0.1, 0.15) is 12.8 Å². The van der Waals surface area contributed by atoms with E-state index in [9.17, 15) is 4.79 Å². The number of carbonyl (C=O) groups is 1. The number of anilines is 1. The van der Waals surface area contributed by atoms with Crippen LogP contribution in [0.25, 0.3) is 21.3 Å². The normalized spacial score (nSPS) is 21.2. The second kappa shape index (κ2) is 7.27. The van der Waals surface area contributed by atoms with Gasteiger partial charge in [0.1, 0.15) is 5.52 Å². The molecule has 1 unspecified atom stereocenters. The van der Waals surface area contributed by atoms with E-state index in [2.05, 4.69) is 15.3 Å². The highest BCUT2D eigenvalue weighted by Gasteiger charge is 2.42. The topological polar surface area (TPSA) is 76.6 Å². The number of benzene rings is 1. The van der Waals surface area contributed by atoms with Gasteiger partial charge in [0.05, 0.1) is 18.4 Å². The summed E-state index contributed by atoms with van der Waals surface area (Å²) >= 11 is 1.44. The molecule has 1 atom stereocenters. The Morgan fingerprint density at radius 1 is 1.31 bits per heavy atom. The first-order valence-corrected chi connectivity index (χ1v) is 10.5. The van der Waals surface area contributed by atoms with Crippen LogP contribution in [0, 0.1) is 5.41 Å². The predicted molar refractivity (Wildman–Crippen MR) is 112 cm³/mol. The summed E-state index contributed by atoms with van der Waals surface area (Å²) < 4.78 is 11.9. The number of likely N-dealkylation sites (tertiary alicyclic amines) is 1. The van der Waals surface area contributed by atoms with Crippen LogP contribution in [0.2, 0.25) is 0 Å². The number of urea groups is 1. The van der Waals surface area contributed by atoms with Crippen molar-refractivity contribution in [3.63, 3.8) is 0 Å². The molecule has 29 heavy (non-hydrogen) atoms. The zero-order valence-corrected chi connectivity index (χ0v) is 17.0. The minimum Gasteiger partial charge on any atom is -0.479 e. The van der Waals surface area contributed by atoms with Crippen molar-refractivity contribution in [1.29, 1.82) is 0 Å². The molecular formula is C21H22N4O3S. The molecule has 8 heteroatoms. The summed E-state index contributed by atoms with van der Waals surface area (Å²) in [5.74, 6) is 0.458. The number of amides is 2. The molecule has 5 rings (SSSR count).